The Kier molecular flexibility index (Phi) is 2.65. The minimum atomic E-state index is 0. The van der Waals surface area contributed by atoms with E-state index in [1.54, 1.807) is 0 Å². The van der Waals surface area contributed by atoms with Crippen LogP contribution in [0.15, 0.2) is 36.4 Å². The summed E-state index contributed by atoms with van der Waals surface area (Å²) in [6.07, 6.45) is 2.79. The number of fused-ring (bicyclic) bond motifs is 1. The van der Waals surface area contributed by atoms with Gasteiger partial charge in [0.25, 0.3) is 0 Å². The van der Waals surface area contributed by atoms with Crippen LogP contribution in [0.25, 0.3) is 10.9 Å². The van der Waals surface area contributed by atoms with E-state index in [1.807, 2.05) is 36.4 Å². The van der Waals surface area contributed by atoms with Crippen LogP contribution >= 0.6 is 0 Å². The third kappa shape index (κ3) is 1.60. The van der Waals surface area contributed by atoms with E-state index < -0.39 is 0 Å². The second kappa shape index (κ2) is 3.52. The van der Waals surface area contributed by atoms with Gasteiger partial charge in [-0.25, -0.2) is 0 Å². The first kappa shape index (κ1) is 8.26. The summed E-state index contributed by atoms with van der Waals surface area (Å²) in [5, 5.41) is 1.17. The molecule has 0 aliphatic rings. The van der Waals surface area contributed by atoms with Crippen LogP contribution in [0.3, 0.4) is 0 Å². The molecule has 2 rings (SSSR count). The second-order valence-electron chi connectivity index (χ2n) is 2.13. The maximum atomic E-state index is 4.06. The topological polar surface area (TPSA) is 12.9 Å². The first-order chi connectivity index (χ1) is 4.97. The third-order valence-electron chi connectivity index (χ3n) is 1.46. The van der Waals surface area contributed by atoms with Crippen molar-refractivity contribution in [3.63, 3.8) is 0 Å². The van der Waals surface area contributed by atoms with Gasteiger partial charge in [-0.2, -0.15) is 12.1 Å². The van der Waals surface area contributed by atoms with E-state index in [0.29, 0.717) is 0 Å². The van der Waals surface area contributed by atoms with Gasteiger partial charge in [0.2, 0.25) is 0 Å². The van der Waals surface area contributed by atoms with Crippen molar-refractivity contribution in [1.29, 1.82) is 0 Å². The van der Waals surface area contributed by atoms with Crippen molar-refractivity contribution in [2.45, 2.75) is 0 Å². The first-order valence-corrected chi connectivity index (χ1v) is 3.19. The molecule has 0 saturated carbocycles. The van der Waals surface area contributed by atoms with Crippen molar-refractivity contribution < 1.29 is 17.4 Å². The minimum absolute atomic E-state index is 0. The predicted octanol–water partition coefficient (Wildman–Crippen LogP) is 2.03. The monoisotopic (exact) mass is 180 g/mol. The van der Waals surface area contributed by atoms with Crippen LogP contribution in [-0.4, -0.2) is 4.98 Å². The average molecular weight is 180 g/mol. The molecule has 1 aromatic heterocycles. The van der Waals surface area contributed by atoms with Crippen LogP contribution in [0.2, 0.25) is 0 Å². The van der Waals surface area contributed by atoms with Gasteiger partial charge in [0, 0.05) is 17.4 Å². The molecule has 0 spiro atoms. The SMILES string of the molecule is [Cr].[c-]1ccc2ccccc2n1. The summed E-state index contributed by atoms with van der Waals surface area (Å²) < 4.78 is 0. The van der Waals surface area contributed by atoms with E-state index in [0.717, 1.165) is 5.52 Å². The molecule has 2 aromatic rings. The van der Waals surface area contributed by atoms with Gasteiger partial charge in [-0.3, -0.25) is 0 Å². The minimum Gasteiger partial charge on any atom is -0.386 e. The normalized spacial score (nSPS) is 9.09. The summed E-state index contributed by atoms with van der Waals surface area (Å²) in [7, 11) is 0. The van der Waals surface area contributed by atoms with Crippen molar-refractivity contribution in [2.75, 3.05) is 0 Å². The number of benzene rings is 1. The Morgan fingerprint density at radius 3 is 2.73 bits per heavy atom. The molecule has 1 nitrogen and oxygen atoms in total. The molecule has 54 valence electrons. The standard InChI is InChI=1S/C9H6N.Cr/c1-2-6-9-8(4-1)5-3-7-10-9;/h1-6H;/q-1;. The Balaban J connectivity index is 0.000000605. The summed E-state index contributed by atoms with van der Waals surface area (Å²) in [6, 6.07) is 11.8. The Hall–Kier alpha value is -0.838. The fourth-order valence-corrected chi connectivity index (χ4v) is 0.964. The van der Waals surface area contributed by atoms with Crippen molar-refractivity contribution in [2.24, 2.45) is 0 Å². The van der Waals surface area contributed by atoms with E-state index in [1.165, 1.54) is 5.39 Å². The van der Waals surface area contributed by atoms with E-state index in [-0.39, 0.29) is 17.4 Å². The van der Waals surface area contributed by atoms with Crippen LogP contribution in [0, 0.1) is 6.20 Å². The van der Waals surface area contributed by atoms with Crippen molar-refractivity contribution >= 4 is 10.9 Å². The van der Waals surface area contributed by atoms with Crippen molar-refractivity contribution in [3.05, 3.63) is 42.6 Å². The van der Waals surface area contributed by atoms with Gasteiger partial charge in [0.1, 0.15) is 0 Å². The Morgan fingerprint density at radius 1 is 1.09 bits per heavy atom. The fraction of sp³-hybridized carbons (Fsp3) is 0. The number of nitrogens with zero attached hydrogens (tertiary/aromatic N) is 1. The molecule has 0 atom stereocenters. The molecule has 1 heterocycles. The number of para-hydroxylation sites is 1. The number of hydrogen-bond acceptors (Lipinski definition) is 1. The van der Waals surface area contributed by atoms with E-state index >= 15 is 0 Å². The molecule has 0 aliphatic carbocycles. The van der Waals surface area contributed by atoms with E-state index in [4.69, 9.17) is 0 Å². The van der Waals surface area contributed by atoms with Crippen molar-refractivity contribution in [3.8, 4) is 0 Å². The van der Waals surface area contributed by atoms with Gasteiger partial charge in [0.05, 0.1) is 0 Å². The van der Waals surface area contributed by atoms with Crippen LogP contribution in [0.5, 0.6) is 0 Å². The molecular formula is C9H6CrN-. The third-order valence-corrected chi connectivity index (χ3v) is 1.46. The number of pyridine rings is 1. The van der Waals surface area contributed by atoms with Crippen molar-refractivity contribution in [1.82, 2.24) is 4.98 Å². The predicted molar refractivity (Wildman–Crippen MR) is 40.6 cm³/mol. The first-order valence-electron chi connectivity index (χ1n) is 3.19. The molecule has 11 heavy (non-hydrogen) atoms. The maximum Gasteiger partial charge on any atom is 0 e. The number of hydrogen-bond donors (Lipinski definition) is 0. The van der Waals surface area contributed by atoms with Crippen LogP contribution in [0.4, 0.5) is 0 Å². The summed E-state index contributed by atoms with van der Waals surface area (Å²) in [6.45, 7) is 0. The molecule has 2 heteroatoms. The smallest absolute Gasteiger partial charge is 0 e. The quantitative estimate of drug-likeness (QED) is 0.565. The summed E-state index contributed by atoms with van der Waals surface area (Å²) >= 11 is 0. The zero-order valence-corrected chi connectivity index (χ0v) is 7.09. The Labute approximate surface area is 76.2 Å². The summed E-state index contributed by atoms with van der Waals surface area (Å²) in [5.74, 6) is 0. The van der Waals surface area contributed by atoms with Gasteiger partial charge in [-0.05, 0) is 5.52 Å². The summed E-state index contributed by atoms with van der Waals surface area (Å²) in [5.41, 5.74) is 1.00. The fourth-order valence-electron chi connectivity index (χ4n) is 0.964. The number of aromatic nitrogens is 1. The Morgan fingerprint density at radius 2 is 1.91 bits per heavy atom. The number of rotatable bonds is 0. The molecule has 0 amide bonds. The molecule has 0 unspecified atom stereocenters. The van der Waals surface area contributed by atoms with Gasteiger partial charge in [0.15, 0.2) is 0 Å². The second-order valence-corrected chi connectivity index (χ2v) is 2.13. The zero-order valence-electron chi connectivity index (χ0n) is 5.82. The van der Waals surface area contributed by atoms with E-state index in [9.17, 15) is 0 Å². The Bertz CT molecular complexity index is 281. The van der Waals surface area contributed by atoms with Gasteiger partial charge in [-0.15, -0.1) is 5.39 Å². The molecule has 0 bridgehead atoms. The van der Waals surface area contributed by atoms with Gasteiger partial charge in [-0.1, -0.05) is 30.5 Å². The molecule has 1 aromatic carbocycles. The largest absolute Gasteiger partial charge is 0.386 e. The maximum absolute atomic E-state index is 4.06. The molecule has 0 radical (unpaired) electrons. The van der Waals surface area contributed by atoms with Crippen LogP contribution in [-0.2, 0) is 17.4 Å². The molecule has 0 saturated heterocycles. The van der Waals surface area contributed by atoms with Gasteiger partial charge < -0.3 is 4.98 Å². The average Bonchev–Trinajstić information content (AvgIpc) is 2.05. The van der Waals surface area contributed by atoms with Crippen LogP contribution in [0.1, 0.15) is 0 Å². The summed E-state index contributed by atoms with van der Waals surface area (Å²) in [4.78, 5) is 4.06. The molecule has 0 aliphatic heterocycles. The molecule has 0 N–H and O–H groups in total. The zero-order chi connectivity index (χ0) is 6.81. The molecular weight excluding hydrogens is 174 g/mol. The van der Waals surface area contributed by atoms with Crippen LogP contribution < -0.4 is 0 Å². The molecule has 0 fully saturated rings. The van der Waals surface area contributed by atoms with Gasteiger partial charge >= 0.3 is 0 Å². The van der Waals surface area contributed by atoms with E-state index in [2.05, 4.69) is 11.2 Å².